The Morgan fingerprint density at radius 2 is 2.05 bits per heavy atom. The standard InChI is InChI=1S/C12H21N3O4/c1-12(2,10(13)18)14-11(19)15-5-3-4-8(7-15)6-9(16)17/h8H,3-7H2,1-2H3,(H2,13,18)(H,14,19)(H,16,17). The van der Waals surface area contributed by atoms with Crippen molar-refractivity contribution in [3.8, 4) is 0 Å². The first kappa shape index (κ1) is 15.3. The van der Waals surface area contributed by atoms with Gasteiger partial charge in [-0.05, 0) is 32.6 Å². The molecule has 1 unspecified atom stereocenters. The van der Waals surface area contributed by atoms with E-state index < -0.39 is 17.4 Å². The maximum atomic E-state index is 12.0. The molecule has 0 aromatic carbocycles. The van der Waals surface area contributed by atoms with Gasteiger partial charge in [0.05, 0.1) is 0 Å². The van der Waals surface area contributed by atoms with Crippen LogP contribution >= 0.6 is 0 Å². The number of primary amides is 1. The molecule has 7 heteroatoms. The topological polar surface area (TPSA) is 113 Å². The predicted molar refractivity (Wildman–Crippen MR) is 68.4 cm³/mol. The minimum absolute atomic E-state index is 0.0336. The van der Waals surface area contributed by atoms with Gasteiger partial charge in [0.15, 0.2) is 0 Å². The Hall–Kier alpha value is -1.79. The molecule has 0 aromatic heterocycles. The van der Waals surface area contributed by atoms with E-state index >= 15 is 0 Å². The summed E-state index contributed by atoms with van der Waals surface area (Å²) in [5, 5.41) is 11.3. The van der Waals surface area contributed by atoms with E-state index in [9.17, 15) is 14.4 Å². The van der Waals surface area contributed by atoms with Crippen molar-refractivity contribution in [2.75, 3.05) is 13.1 Å². The van der Waals surface area contributed by atoms with Gasteiger partial charge in [0.25, 0.3) is 0 Å². The second-order valence-electron chi connectivity index (χ2n) is 5.47. The van der Waals surface area contributed by atoms with E-state index in [1.165, 1.54) is 13.8 Å². The zero-order valence-corrected chi connectivity index (χ0v) is 11.3. The van der Waals surface area contributed by atoms with Crippen molar-refractivity contribution < 1.29 is 19.5 Å². The van der Waals surface area contributed by atoms with Crippen molar-refractivity contribution >= 4 is 17.9 Å². The van der Waals surface area contributed by atoms with Crippen LogP contribution in [-0.4, -0.2) is 46.5 Å². The van der Waals surface area contributed by atoms with E-state index in [1.54, 1.807) is 4.90 Å². The van der Waals surface area contributed by atoms with Crippen molar-refractivity contribution in [3.63, 3.8) is 0 Å². The fraction of sp³-hybridized carbons (Fsp3) is 0.750. The first-order valence-corrected chi connectivity index (χ1v) is 6.31. The number of hydrogen-bond donors (Lipinski definition) is 3. The second-order valence-corrected chi connectivity index (χ2v) is 5.47. The summed E-state index contributed by atoms with van der Waals surface area (Å²) >= 11 is 0. The van der Waals surface area contributed by atoms with E-state index in [4.69, 9.17) is 10.8 Å². The fourth-order valence-corrected chi connectivity index (χ4v) is 2.07. The number of carboxylic acids is 1. The number of likely N-dealkylation sites (tertiary alicyclic amines) is 1. The quantitative estimate of drug-likeness (QED) is 0.675. The van der Waals surface area contributed by atoms with Crippen molar-refractivity contribution in [3.05, 3.63) is 0 Å². The Kier molecular flexibility index (Phi) is 4.74. The summed E-state index contributed by atoms with van der Waals surface area (Å²) in [7, 11) is 0. The van der Waals surface area contributed by atoms with Crippen LogP contribution in [0.1, 0.15) is 33.1 Å². The third kappa shape index (κ3) is 4.42. The van der Waals surface area contributed by atoms with Crippen molar-refractivity contribution in [1.29, 1.82) is 0 Å². The molecule has 1 rings (SSSR count). The highest BCUT2D eigenvalue weighted by atomic mass is 16.4. The summed E-state index contributed by atoms with van der Waals surface area (Å²) in [4.78, 5) is 35.4. The average molecular weight is 271 g/mol. The highest BCUT2D eigenvalue weighted by molar-refractivity contribution is 5.89. The molecule has 19 heavy (non-hydrogen) atoms. The van der Waals surface area contributed by atoms with Crippen molar-refractivity contribution in [2.24, 2.45) is 11.7 Å². The van der Waals surface area contributed by atoms with Crippen LogP contribution in [0.3, 0.4) is 0 Å². The van der Waals surface area contributed by atoms with Crippen molar-refractivity contribution in [2.45, 2.75) is 38.6 Å². The lowest BCUT2D eigenvalue weighted by Crippen LogP contribution is -2.57. The van der Waals surface area contributed by atoms with Crippen LogP contribution < -0.4 is 11.1 Å². The first-order chi connectivity index (χ1) is 8.72. The number of nitrogens with two attached hydrogens (primary N) is 1. The number of carbonyl (C=O) groups excluding carboxylic acids is 2. The van der Waals surface area contributed by atoms with Gasteiger partial charge < -0.3 is 21.1 Å². The lowest BCUT2D eigenvalue weighted by atomic mass is 9.95. The lowest BCUT2D eigenvalue weighted by molar-refractivity contribution is -0.138. The molecule has 3 amide bonds. The zero-order valence-electron chi connectivity index (χ0n) is 11.3. The molecule has 4 N–H and O–H groups in total. The summed E-state index contributed by atoms with van der Waals surface area (Å²) in [5.41, 5.74) is 4.08. The summed E-state index contributed by atoms with van der Waals surface area (Å²) in [6, 6.07) is -0.376. The number of piperidine rings is 1. The molecule has 1 aliphatic heterocycles. The van der Waals surface area contributed by atoms with Crippen LogP contribution in [0.5, 0.6) is 0 Å². The molecular formula is C12H21N3O4. The summed E-state index contributed by atoms with van der Waals surface area (Å²) in [6.45, 7) is 4.03. The van der Waals surface area contributed by atoms with Gasteiger partial charge in [-0.3, -0.25) is 9.59 Å². The minimum Gasteiger partial charge on any atom is -0.481 e. The molecule has 1 fully saturated rings. The molecule has 0 spiro atoms. The van der Waals surface area contributed by atoms with Gasteiger partial charge in [0.1, 0.15) is 5.54 Å². The molecule has 0 radical (unpaired) electrons. The smallest absolute Gasteiger partial charge is 0.318 e. The van der Waals surface area contributed by atoms with E-state index in [2.05, 4.69) is 5.32 Å². The molecule has 7 nitrogen and oxygen atoms in total. The van der Waals surface area contributed by atoms with E-state index in [0.717, 1.165) is 12.8 Å². The third-order valence-electron chi connectivity index (χ3n) is 3.30. The Bertz CT molecular complexity index is 381. The number of amides is 3. The van der Waals surface area contributed by atoms with Crippen LogP contribution in [-0.2, 0) is 9.59 Å². The average Bonchev–Trinajstić information content (AvgIpc) is 2.27. The number of urea groups is 1. The Balaban J connectivity index is 2.57. The fourth-order valence-electron chi connectivity index (χ4n) is 2.07. The number of aliphatic carboxylic acids is 1. The van der Waals surface area contributed by atoms with E-state index in [1.807, 2.05) is 0 Å². The van der Waals surface area contributed by atoms with Gasteiger partial charge in [-0.2, -0.15) is 0 Å². The third-order valence-corrected chi connectivity index (χ3v) is 3.30. The van der Waals surface area contributed by atoms with Crippen molar-refractivity contribution in [1.82, 2.24) is 10.2 Å². The predicted octanol–water partition coefficient (Wildman–Crippen LogP) is 0.147. The number of carbonyl (C=O) groups is 3. The number of nitrogens with zero attached hydrogens (tertiary/aromatic N) is 1. The molecule has 1 heterocycles. The molecule has 1 atom stereocenters. The van der Waals surface area contributed by atoms with Gasteiger partial charge in [0.2, 0.25) is 5.91 Å². The molecule has 0 bridgehead atoms. The maximum Gasteiger partial charge on any atom is 0.318 e. The number of rotatable bonds is 4. The van der Waals surface area contributed by atoms with Gasteiger partial charge in [-0.1, -0.05) is 0 Å². The first-order valence-electron chi connectivity index (χ1n) is 6.31. The molecule has 0 saturated carbocycles. The lowest BCUT2D eigenvalue weighted by Gasteiger charge is -2.34. The summed E-state index contributed by atoms with van der Waals surface area (Å²) < 4.78 is 0. The zero-order chi connectivity index (χ0) is 14.6. The Labute approximate surface area is 112 Å². The number of hydrogen-bond acceptors (Lipinski definition) is 3. The van der Waals surface area contributed by atoms with E-state index in [-0.39, 0.29) is 18.4 Å². The van der Waals surface area contributed by atoms with Crippen LogP contribution in [0.15, 0.2) is 0 Å². The second kappa shape index (κ2) is 5.90. The monoisotopic (exact) mass is 271 g/mol. The van der Waals surface area contributed by atoms with Gasteiger partial charge in [0, 0.05) is 19.5 Å². The van der Waals surface area contributed by atoms with Crippen LogP contribution in [0, 0.1) is 5.92 Å². The maximum absolute atomic E-state index is 12.0. The van der Waals surface area contributed by atoms with Gasteiger partial charge in [-0.25, -0.2) is 4.79 Å². The minimum atomic E-state index is -1.11. The Morgan fingerprint density at radius 1 is 1.42 bits per heavy atom. The van der Waals surface area contributed by atoms with Gasteiger partial charge in [-0.15, -0.1) is 0 Å². The highest BCUT2D eigenvalue weighted by Gasteiger charge is 2.31. The molecule has 1 saturated heterocycles. The van der Waals surface area contributed by atoms with Crippen LogP contribution in [0.25, 0.3) is 0 Å². The molecule has 108 valence electrons. The van der Waals surface area contributed by atoms with Crippen LogP contribution in [0.4, 0.5) is 4.79 Å². The molecule has 1 aliphatic rings. The molecular weight excluding hydrogens is 250 g/mol. The largest absolute Gasteiger partial charge is 0.481 e. The molecule has 0 aliphatic carbocycles. The Morgan fingerprint density at radius 3 is 2.58 bits per heavy atom. The van der Waals surface area contributed by atoms with E-state index in [0.29, 0.717) is 13.1 Å². The van der Waals surface area contributed by atoms with Crippen LogP contribution in [0.2, 0.25) is 0 Å². The van der Waals surface area contributed by atoms with Gasteiger partial charge >= 0.3 is 12.0 Å². The number of nitrogens with one attached hydrogen (secondary N) is 1. The SMILES string of the molecule is CC(C)(NC(=O)N1CCCC(CC(=O)O)C1)C(N)=O. The summed E-state index contributed by atoms with van der Waals surface area (Å²) in [5.74, 6) is -1.50. The summed E-state index contributed by atoms with van der Waals surface area (Å²) in [6.07, 6.45) is 1.63. The normalized spacial score (nSPS) is 19.9. The highest BCUT2D eigenvalue weighted by Crippen LogP contribution is 2.20. The number of carboxylic acid groups (broad SMARTS) is 1. The molecule has 0 aromatic rings.